The normalized spacial score (nSPS) is 12.8. The quantitative estimate of drug-likeness (QED) is 0.617. The Bertz CT molecular complexity index is 385. The van der Waals surface area contributed by atoms with E-state index in [2.05, 4.69) is 19.2 Å². The van der Waals surface area contributed by atoms with E-state index in [4.69, 9.17) is 4.74 Å². The van der Waals surface area contributed by atoms with E-state index in [1.54, 1.807) is 6.07 Å². The zero-order valence-corrected chi connectivity index (χ0v) is 13.1. The zero-order valence-electron chi connectivity index (χ0n) is 13.1. The molecule has 3 nitrogen and oxygen atoms in total. The molecule has 0 aliphatic heterocycles. The molecule has 1 rings (SSSR count). The first-order valence-electron chi connectivity index (χ1n) is 7.79. The number of aliphatic hydroxyl groups is 1. The van der Waals surface area contributed by atoms with Crippen molar-refractivity contribution in [2.75, 3.05) is 26.3 Å². The zero-order chi connectivity index (χ0) is 15.5. The van der Waals surface area contributed by atoms with Gasteiger partial charge >= 0.3 is 0 Å². The van der Waals surface area contributed by atoms with Gasteiger partial charge in [-0.15, -0.1) is 0 Å². The van der Waals surface area contributed by atoms with Gasteiger partial charge in [0.1, 0.15) is 5.82 Å². The van der Waals surface area contributed by atoms with E-state index in [-0.39, 0.29) is 5.82 Å². The van der Waals surface area contributed by atoms with Gasteiger partial charge in [0.25, 0.3) is 0 Å². The van der Waals surface area contributed by atoms with Crippen molar-refractivity contribution in [2.24, 2.45) is 5.92 Å². The number of halogens is 1. The van der Waals surface area contributed by atoms with Crippen molar-refractivity contribution < 1.29 is 14.2 Å². The Morgan fingerprint density at radius 3 is 2.86 bits per heavy atom. The van der Waals surface area contributed by atoms with Gasteiger partial charge in [-0.2, -0.15) is 0 Å². The van der Waals surface area contributed by atoms with Crippen LogP contribution in [0.3, 0.4) is 0 Å². The molecule has 1 aromatic carbocycles. The van der Waals surface area contributed by atoms with E-state index in [9.17, 15) is 9.50 Å². The van der Waals surface area contributed by atoms with Crippen molar-refractivity contribution in [1.29, 1.82) is 0 Å². The van der Waals surface area contributed by atoms with Gasteiger partial charge in [-0.05, 0) is 49.4 Å². The van der Waals surface area contributed by atoms with Gasteiger partial charge < -0.3 is 15.2 Å². The summed E-state index contributed by atoms with van der Waals surface area (Å²) in [5.74, 6) is 0.491. The summed E-state index contributed by atoms with van der Waals surface area (Å²) in [6.45, 7) is 6.67. The molecule has 0 aliphatic carbocycles. The summed E-state index contributed by atoms with van der Waals surface area (Å²) in [6, 6.07) is 6.59. The Hall–Kier alpha value is -0.970. The van der Waals surface area contributed by atoms with Crippen LogP contribution in [0.4, 0.5) is 4.39 Å². The predicted octanol–water partition coefficient (Wildman–Crippen LogP) is 2.77. The molecular weight excluding hydrogens is 269 g/mol. The highest BCUT2D eigenvalue weighted by Crippen LogP contribution is 2.04. The summed E-state index contributed by atoms with van der Waals surface area (Å²) < 4.78 is 18.4. The molecule has 0 amide bonds. The second-order valence-corrected chi connectivity index (χ2v) is 5.85. The van der Waals surface area contributed by atoms with Crippen molar-refractivity contribution in [1.82, 2.24) is 5.32 Å². The number of hydrogen-bond acceptors (Lipinski definition) is 3. The topological polar surface area (TPSA) is 41.5 Å². The lowest BCUT2D eigenvalue weighted by molar-refractivity contribution is 0.0349. The molecule has 21 heavy (non-hydrogen) atoms. The highest BCUT2D eigenvalue weighted by atomic mass is 19.1. The third kappa shape index (κ3) is 9.56. The Labute approximate surface area is 127 Å². The van der Waals surface area contributed by atoms with Crippen LogP contribution in [-0.2, 0) is 11.2 Å². The first-order valence-corrected chi connectivity index (χ1v) is 7.79. The van der Waals surface area contributed by atoms with Crippen LogP contribution in [0, 0.1) is 11.7 Å². The standard InChI is InChI=1S/C17H28FNO2/c1-14(2)5-4-10-21-13-17(20)12-19-9-8-15-6-3-7-16(18)11-15/h3,6-7,11,14,17,19-20H,4-5,8-10,12-13H2,1-2H3. The molecule has 0 radical (unpaired) electrons. The van der Waals surface area contributed by atoms with Gasteiger partial charge in [0.05, 0.1) is 12.7 Å². The van der Waals surface area contributed by atoms with Crippen LogP contribution in [0.25, 0.3) is 0 Å². The maximum Gasteiger partial charge on any atom is 0.123 e. The highest BCUT2D eigenvalue weighted by Gasteiger charge is 2.04. The minimum atomic E-state index is -0.489. The number of ether oxygens (including phenoxy) is 1. The summed E-state index contributed by atoms with van der Waals surface area (Å²) in [5, 5.41) is 12.9. The smallest absolute Gasteiger partial charge is 0.123 e. The number of hydrogen-bond donors (Lipinski definition) is 2. The fourth-order valence-corrected chi connectivity index (χ4v) is 2.07. The molecule has 0 saturated carbocycles. The number of nitrogens with one attached hydrogen (secondary N) is 1. The SMILES string of the molecule is CC(C)CCCOCC(O)CNCCc1cccc(F)c1. The van der Waals surface area contributed by atoms with Crippen LogP contribution in [0.5, 0.6) is 0 Å². The van der Waals surface area contributed by atoms with Crippen LogP contribution in [0.1, 0.15) is 32.3 Å². The van der Waals surface area contributed by atoms with E-state index in [1.807, 2.05) is 6.07 Å². The molecule has 0 bridgehead atoms. The van der Waals surface area contributed by atoms with Crippen molar-refractivity contribution in [3.8, 4) is 0 Å². The minimum absolute atomic E-state index is 0.206. The third-order valence-electron chi connectivity index (χ3n) is 3.24. The van der Waals surface area contributed by atoms with Gasteiger partial charge in [-0.25, -0.2) is 4.39 Å². The Kier molecular flexibility index (Phi) is 9.22. The Morgan fingerprint density at radius 1 is 1.33 bits per heavy atom. The fourth-order valence-electron chi connectivity index (χ4n) is 2.07. The van der Waals surface area contributed by atoms with E-state index < -0.39 is 6.10 Å². The molecule has 0 aliphatic rings. The Morgan fingerprint density at radius 2 is 2.14 bits per heavy atom. The van der Waals surface area contributed by atoms with E-state index in [0.29, 0.717) is 32.2 Å². The van der Waals surface area contributed by atoms with Crippen molar-refractivity contribution in [2.45, 2.75) is 39.2 Å². The molecule has 2 N–H and O–H groups in total. The number of rotatable bonds is 11. The summed E-state index contributed by atoms with van der Waals surface area (Å²) in [7, 11) is 0. The molecule has 1 unspecified atom stereocenters. The van der Waals surface area contributed by atoms with Crippen LogP contribution in [-0.4, -0.2) is 37.5 Å². The fraction of sp³-hybridized carbons (Fsp3) is 0.647. The minimum Gasteiger partial charge on any atom is -0.389 e. The second kappa shape index (κ2) is 10.7. The van der Waals surface area contributed by atoms with Gasteiger partial charge in [0.15, 0.2) is 0 Å². The van der Waals surface area contributed by atoms with Crippen LogP contribution >= 0.6 is 0 Å². The molecule has 0 aromatic heterocycles. The lowest BCUT2D eigenvalue weighted by Gasteiger charge is -2.13. The van der Waals surface area contributed by atoms with Crippen LogP contribution in [0.2, 0.25) is 0 Å². The van der Waals surface area contributed by atoms with E-state index in [1.165, 1.54) is 12.1 Å². The first kappa shape index (κ1) is 18.1. The van der Waals surface area contributed by atoms with Gasteiger partial charge in [0, 0.05) is 13.2 Å². The highest BCUT2D eigenvalue weighted by molar-refractivity contribution is 5.16. The monoisotopic (exact) mass is 297 g/mol. The van der Waals surface area contributed by atoms with Crippen molar-refractivity contribution >= 4 is 0 Å². The first-order chi connectivity index (χ1) is 10.1. The van der Waals surface area contributed by atoms with Gasteiger partial charge in [-0.3, -0.25) is 0 Å². The lowest BCUT2D eigenvalue weighted by Crippen LogP contribution is -2.31. The molecule has 4 heteroatoms. The molecule has 1 aromatic rings. The molecule has 0 fully saturated rings. The Balaban J connectivity index is 1.99. The maximum absolute atomic E-state index is 13.0. The largest absolute Gasteiger partial charge is 0.389 e. The summed E-state index contributed by atoms with van der Waals surface area (Å²) in [5.41, 5.74) is 0.960. The average molecular weight is 297 g/mol. The number of aliphatic hydroxyl groups excluding tert-OH is 1. The number of benzene rings is 1. The molecule has 0 saturated heterocycles. The van der Waals surface area contributed by atoms with E-state index in [0.717, 1.165) is 24.8 Å². The molecule has 0 heterocycles. The van der Waals surface area contributed by atoms with E-state index >= 15 is 0 Å². The molecular formula is C17H28FNO2. The predicted molar refractivity (Wildman–Crippen MR) is 83.9 cm³/mol. The van der Waals surface area contributed by atoms with Crippen LogP contribution < -0.4 is 5.32 Å². The average Bonchev–Trinajstić information content (AvgIpc) is 2.43. The summed E-state index contributed by atoms with van der Waals surface area (Å²) in [4.78, 5) is 0. The molecule has 0 spiro atoms. The second-order valence-electron chi connectivity index (χ2n) is 5.85. The molecule has 120 valence electrons. The lowest BCUT2D eigenvalue weighted by atomic mass is 10.1. The summed E-state index contributed by atoms with van der Waals surface area (Å²) in [6.07, 6.45) is 2.45. The molecule has 1 atom stereocenters. The van der Waals surface area contributed by atoms with Crippen LogP contribution in [0.15, 0.2) is 24.3 Å². The summed E-state index contributed by atoms with van der Waals surface area (Å²) >= 11 is 0. The third-order valence-corrected chi connectivity index (χ3v) is 3.24. The van der Waals surface area contributed by atoms with Crippen molar-refractivity contribution in [3.63, 3.8) is 0 Å². The van der Waals surface area contributed by atoms with Gasteiger partial charge in [0.2, 0.25) is 0 Å². The van der Waals surface area contributed by atoms with Gasteiger partial charge in [-0.1, -0.05) is 26.0 Å². The van der Waals surface area contributed by atoms with Crippen molar-refractivity contribution in [3.05, 3.63) is 35.6 Å². The maximum atomic E-state index is 13.0.